The molecule has 0 amide bonds. The van der Waals surface area contributed by atoms with Crippen molar-refractivity contribution in [3.05, 3.63) is 51.5 Å². The lowest BCUT2D eigenvalue weighted by molar-refractivity contribution is 1.38. The zero-order valence-corrected chi connectivity index (χ0v) is 15.3. The molecule has 0 aliphatic carbocycles. The van der Waals surface area contributed by atoms with E-state index in [1.807, 2.05) is 36.4 Å². The van der Waals surface area contributed by atoms with Gasteiger partial charge in [-0.25, -0.2) is 0 Å². The average molecular weight is 402 g/mol. The Hall–Kier alpha value is -0.750. The van der Waals surface area contributed by atoms with Crippen LogP contribution < -0.4 is 11.1 Å². The van der Waals surface area contributed by atoms with Gasteiger partial charge in [-0.1, -0.05) is 52.7 Å². The summed E-state index contributed by atoms with van der Waals surface area (Å²) in [4.78, 5) is 1.45. The number of thiocarbonyl (C=S) groups is 1. The molecule has 0 fully saturated rings. The van der Waals surface area contributed by atoms with Crippen LogP contribution in [-0.4, -0.2) is 10.7 Å². The Kier molecular flexibility index (Phi) is 5.93. The molecular formula is C15H14BrClN2S2. The normalized spacial score (nSPS) is 10.4. The third-order valence-corrected chi connectivity index (χ3v) is 4.74. The fourth-order valence-corrected chi connectivity index (χ4v) is 3.56. The maximum atomic E-state index is 6.23. The minimum Gasteiger partial charge on any atom is -0.389 e. The van der Waals surface area contributed by atoms with Crippen LogP contribution in [0.3, 0.4) is 0 Å². The van der Waals surface area contributed by atoms with E-state index < -0.39 is 0 Å². The summed E-state index contributed by atoms with van der Waals surface area (Å²) >= 11 is 16.6. The number of hydrogen-bond acceptors (Lipinski definition) is 3. The monoisotopic (exact) mass is 400 g/mol. The van der Waals surface area contributed by atoms with Crippen molar-refractivity contribution in [2.45, 2.75) is 11.8 Å². The Morgan fingerprint density at radius 2 is 2.10 bits per heavy atom. The highest BCUT2D eigenvalue weighted by Gasteiger charge is 2.12. The number of rotatable bonds is 5. The molecule has 3 N–H and O–H groups in total. The van der Waals surface area contributed by atoms with Gasteiger partial charge in [-0.05, 0) is 36.1 Å². The van der Waals surface area contributed by atoms with Crippen molar-refractivity contribution < 1.29 is 0 Å². The van der Waals surface area contributed by atoms with Gasteiger partial charge in [0.25, 0.3) is 0 Å². The molecule has 0 aromatic heterocycles. The molecule has 0 bridgehead atoms. The second-order valence-corrected chi connectivity index (χ2v) is 7.29. The van der Waals surface area contributed by atoms with E-state index >= 15 is 0 Å². The Morgan fingerprint density at radius 3 is 2.76 bits per heavy atom. The molecule has 2 nitrogen and oxygen atoms in total. The highest BCUT2D eigenvalue weighted by molar-refractivity contribution is 9.10. The second kappa shape index (κ2) is 7.49. The van der Waals surface area contributed by atoms with Crippen LogP contribution in [0.4, 0.5) is 11.4 Å². The fourth-order valence-electron chi connectivity index (χ4n) is 1.90. The van der Waals surface area contributed by atoms with Gasteiger partial charge in [-0.2, -0.15) is 0 Å². The maximum Gasteiger partial charge on any atom is 0.107 e. The summed E-state index contributed by atoms with van der Waals surface area (Å²) in [7, 11) is 0. The molecule has 0 atom stereocenters. The molecular weight excluding hydrogens is 388 g/mol. The summed E-state index contributed by atoms with van der Waals surface area (Å²) in [5.41, 5.74) is 8.43. The first-order valence-corrected chi connectivity index (χ1v) is 8.87. The molecule has 0 spiro atoms. The van der Waals surface area contributed by atoms with Gasteiger partial charge in [0.2, 0.25) is 0 Å². The van der Waals surface area contributed by atoms with Gasteiger partial charge in [0.15, 0.2) is 0 Å². The quantitative estimate of drug-likeness (QED) is 0.506. The van der Waals surface area contributed by atoms with E-state index in [2.05, 4.69) is 28.2 Å². The number of thioether (sulfide) groups is 1. The van der Waals surface area contributed by atoms with E-state index in [1.165, 1.54) is 0 Å². The maximum absolute atomic E-state index is 6.23. The van der Waals surface area contributed by atoms with Crippen molar-refractivity contribution in [1.29, 1.82) is 0 Å². The largest absolute Gasteiger partial charge is 0.389 e. The van der Waals surface area contributed by atoms with Crippen molar-refractivity contribution in [2.75, 3.05) is 11.1 Å². The molecule has 110 valence electrons. The summed E-state index contributed by atoms with van der Waals surface area (Å²) in [6, 6.07) is 11.6. The van der Waals surface area contributed by atoms with Crippen LogP contribution in [0, 0.1) is 0 Å². The lowest BCUT2D eigenvalue weighted by atomic mass is 10.1. The van der Waals surface area contributed by atoms with Crippen LogP contribution in [0.15, 0.2) is 45.8 Å². The predicted molar refractivity (Wildman–Crippen MR) is 101 cm³/mol. The first-order chi connectivity index (χ1) is 10.0. The number of benzene rings is 2. The van der Waals surface area contributed by atoms with E-state index in [0.717, 1.165) is 32.1 Å². The smallest absolute Gasteiger partial charge is 0.107 e. The van der Waals surface area contributed by atoms with Crippen LogP contribution in [-0.2, 0) is 0 Å². The SMILES string of the molecule is CCSc1cccc(Nc2cc(Br)ccc2Cl)c1C(N)=S. The van der Waals surface area contributed by atoms with Crippen molar-refractivity contribution in [1.82, 2.24) is 0 Å². The highest BCUT2D eigenvalue weighted by Crippen LogP contribution is 2.33. The minimum atomic E-state index is 0.375. The lowest BCUT2D eigenvalue weighted by Gasteiger charge is -2.16. The van der Waals surface area contributed by atoms with Crippen LogP contribution in [0.25, 0.3) is 0 Å². The Balaban J connectivity index is 2.46. The number of anilines is 2. The molecule has 0 saturated heterocycles. The molecule has 0 unspecified atom stereocenters. The minimum absolute atomic E-state index is 0.375. The molecule has 0 radical (unpaired) electrons. The molecule has 21 heavy (non-hydrogen) atoms. The van der Waals surface area contributed by atoms with Gasteiger partial charge in [-0.15, -0.1) is 11.8 Å². The van der Waals surface area contributed by atoms with E-state index in [4.69, 9.17) is 29.6 Å². The number of nitrogens with one attached hydrogen (secondary N) is 1. The van der Waals surface area contributed by atoms with Crippen molar-refractivity contribution in [2.24, 2.45) is 5.73 Å². The van der Waals surface area contributed by atoms with Gasteiger partial charge >= 0.3 is 0 Å². The van der Waals surface area contributed by atoms with Crippen LogP contribution >= 0.6 is 51.5 Å². The fraction of sp³-hybridized carbons (Fsp3) is 0.133. The molecule has 2 rings (SSSR count). The summed E-state index contributed by atoms with van der Waals surface area (Å²) in [6.07, 6.45) is 0. The molecule has 2 aromatic carbocycles. The van der Waals surface area contributed by atoms with Gasteiger partial charge < -0.3 is 11.1 Å². The first-order valence-electron chi connectivity index (χ1n) is 6.30. The molecule has 0 saturated carbocycles. The summed E-state index contributed by atoms with van der Waals surface area (Å²) < 4.78 is 0.949. The topological polar surface area (TPSA) is 38.0 Å². The van der Waals surface area contributed by atoms with E-state index in [-0.39, 0.29) is 0 Å². The van der Waals surface area contributed by atoms with Crippen molar-refractivity contribution >= 4 is 67.9 Å². The molecule has 2 aromatic rings. The Bertz CT molecular complexity index is 677. The zero-order valence-electron chi connectivity index (χ0n) is 11.3. The highest BCUT2D eigenvalue weighted by atomic mass is 79.9. The van der Waals surface area contributed by atoms with Crippen molar-refractivity contribution in [3.63, 3.8) is 0 Å². The molecule has 0 aliphatic rings. The van der Waals surface area contributed by atoms with Crippen LogP contribution in [0.1, 0.15) is 12.5 Å². The van der Waals surface area contributed by atoms with E-state index in [9.17, 15) is 0 Å². The zero-order chi connectivity index (χ0) is 15.4. The number of hydrogen-bond donors (Lipinski definition) is 2. The van der Waals surface area contributed by atoms with E-state index in [1.54, 1.807) is 11.8 Å². The number of halogens is 2. The van der Waals surface area contributed by atoms with Gasteiger partial charge in [-0.3, -0.25) is 0 Å². The molecule has 0 heterocycles. The third kappa shape index (κ3) is 4.13. The van der Waals surface area contributed by atoms with Gasteiger partial charge in [0, 0.05) is 20.6 Å². The average Bonchev–Trinajstić information content (AvgIpc) is 2.43. The van der Waals surface area contributed by atoms with Crippen LogP contribution in [0.2, 0.25) is 5.02 Å². The number of nitrogens with two attached hydrogens (primary N) is 1. The summed E-state index contributed by atoms with van der Waals surface area (Å²) in [6.45, 7) is 2.10. The third-order valence-electron chi connectivity index (χ3n) is 2.77. The lowest BCUT2D eigenvalue weighted by Crippen LogP contribution is -2.13. The second-order valence-electron chi connectivity index (χ2n) is 4.23. The first kappa shape index (κ1) is 16.6. The molecule has 0 aliphatic heterocycles. The Morgan fingerprint density at radius 1 is 1.33 bits per heavy atom. The van der Waals surface area contributed by atoms with Gasteiger partial charge in [0.05, 0.1) is 10.7 Å². The van der Waals surface area contributed by atoms with Crippen molar-refractivity contribution in [3.8, 4) is 0 Å². The predicted octanol–water partition coefficient (Wildman–Crippen LogP) is 5.59. The standard InChI is InChI=1S/C15H14BrClN2S2/c1-2-21-13-5-3-4-11(14(13)15(18)20)19-12-8-9(16)6-7-10(12)17/h3-8,19H,2H2,1H3,(H2,18,20). The van der Waals surface area contributed by atoms with Gasteiger partial charge in [0.1, 0.15) is 4.99 Å². The van der Waals surface area contributed by atoms with E-state index in [0.29, 0.717) is 10.0 Å². The van der Waals surface area contributed by atoms with Crippen LogP contribution in [0.5, 0.6) is 0 Å². The summed E-state index contributed by atoms with van der Waals surface area (Å²) in [5.74, 6) is 0.955. The summed E-state index contributed by atoms with van der Waals surface area (Å²) in [5, 5.41) is 3.96. The Labute approximate surface area is 147 Å². The molecule has 6 heteroatoms.